The van der Waals surface area contributed by atoms with E-state index in [0.29, 0.717) is 12.1 Å². The molecule has 1 unspecified atom stereocenters. The molecule has 1 atom stereocenters. The van der Waals surface area contributed by atoms with Crippen LogP contribution in [-0.2, 0) is 14.3 Å². The number of rotatable bonds is 13. The van der Waals surface area contributed by atoms with Crippen LogP contribution in [0.3, 0.4) is 0 Å². The highest BCUT2D eigenvalue weighted by Crippen LogP contribution is 2.27. The summed E-state index contributed by atoms with van der Waals surface area (Å²) in [6.07, 6.45) is 6.00. The topological polar surface area (TPSA) is 87.7 Å². The molecule has 7 heteroatoms. The van der Waals surface area contributed by atoms with Crippen molar-refractivity contribution in [3.05, 3.63) is 71.3 Å². The fourth-order valence-corrected chi connectivity index (χ4v) is 4.38. The van der Waals surface area contributed by atoms with E-state index < -0.39 is 17.7 Å². The number of nitrogens with zero attached hydrogens (tertiary/aromatic N) is 1. The number of hydrogen-bond acceptors (Lipinski definition) is 4. The van der Waals surface area contributed by atoms with E-state index in [1.165, 1.54) is 0 Å². The maximum absolute atomic E-state index is 14.0. The van der Waals surface area contributed by atoms with Gasteiger partial charge in [-0.3, -0.25) is 9.59 Å². The van der Waals surface area contributed by atoms with Gasteiger partial charge < -0.3 is 20.3 Å². The van der Waals surface area contributed by atoms with E-state index in [4.69, 9.17) is 4.74 Å². The minimum absolute atomic E-state index is 0.280. The molecule has 0 radical (unpaired) electrons. The van der Waals surface area contributed by atoms with Gasteiger partial charge in [-0.25, -0.2) is 4.79 Å². The lowest BCUT2D eigenvalue weighted by Crippen LogP contribution is -2.47. The number of nitrogens with one attached hydrogen (secondary N) is 2. The Morgan fingerprint density at radius 3 is 2.26 bits per heavy atom. The number of alkyl carbamates (subject to hydrolysis) is 1. The normalized spacial score (nSPS) is 11.8. The van der Waals surface area contributed by atoms with E-state index in [0.717, 1.165) is 54.5 Å². The molecule has 2 rings (SSSR count). The number of carbonyl (C=O) groups is 3. The largest absolute Gasteiger partial charge is 0.444 e. The Morgan fingerprint density at radius 1 is 1.00 bits per heavy atom. The van der Waals surface area contributed by atoms with Gasteiger partial charge in [0.1, 0.15) is 18.2 Å². The quantitative estimate of drug-likeness (QED) is 0.272. The number of para-hydroxylation sites is 1. The highest BCUT2D eigenvalue weighted by Gasteiger charge is 2.32. The molecule has 0 aliphatic rings. The number of aryl methyl sites for hydroxylation is 2. The zero-order chi connectivity index (χ0) is 29.0. The fraction of sp³-hybridized carbons (Fsp3) is 0.469. The number of anilines is 1. The van der Waals surface area contributed by atoms with E-state index in [1.807, 2.05) is 56.3 Å². The predicted molar refractivity (Wildman–Crippen MR) is 159 cm³/mol. The first-order valence-corrected chi connectivity index (χ1v) is 13.8. The lowest BCUT2D eigenvalue weighted by Gasteiger charge is -2.32. The average molecular weight is 536 g/mol. The van der Waals surface area contributed by atoms with Crippen LogP contribution in [-0.4, -0.2) is 41.5 Å². The minimum atomic E-state index is -0.900. The molecule has 2 N–H and O–H groups in total. The smallest absolute Gasteiger partial charge is 0.408 e. The second-order valence-electron chi connectivity index (χ2n) is 10.9. The van der Waals surface area contributed by atoms with Gasteiger partial charge in [-0.2, -0.15) is 0 Å². The van der Waals surface area contributed by atoms with Gasteiger partial charge in [0.25, 0.3) is 5.91 Å². The molecule has 212 valence electrons. The van der Waals surface area contributed by atoms with Crippen molar-refractivity contribution in [1.29, 1.82) is 0 Å². The monoisotopic (exact) mass is 535 g/mol. The maximum Gasteiger partial charge on any atom is 0.408 e. The van der Waals surface area contributed by atoms with E-state index >= 15 is 0 Å². The number of ether oxygens (including phenoxy) is 1. The van der Waals surface area contributed by atoms with E-state index in [9.17, 15) is 14.4 Å². The molecule has 0 fully saturated rings. The summed E-state index contributed by atoms with van der Waals surface area (Å²) in [7, 11) is 0. The third kappa shape index (κ3) is 10.2. The van der Waals surface area contributed by atoms with Crippen LogP contribution in [0.2, 0.25) is 0 Å². The zero-order valence-corrected chi connectivity index (χ0v) is 24.4. The van der Waals surface area contributed by atoms with Crippen molar-refractivity contribution >= 4 is 29.7 Å². The SMILES string of the molecule is C=Cc1cccc(C(C(=O)Nc2c(C)cccc2C)N(CCCCCCC)C(=O)CNC(=O)OC(C)(C)C)c1. The van der Waals surface area contributed by atoms with Crippen molar-refractivity contribution < 1.29 is 19.1 Å². The Morgan fingerprint density at radius 2 is 1.64 bits per heavy atom. The van der Waals surface area contributed by atoms with Crippen LogP contribution in [0.4, 0.5) is 10.5 Å². The van der Waals surface area contributed by atoms with Gasteiger partial charge in [-0.1, -0.05) is 81.7 Å². The van der Waals surface area contributed by atoms with Gasteiger partial charge in [0.2, 0.25) is 5.91 Å². The molecular formula is C32H45N3O4. The van der Waals surface area contributed by atoms with Gasteiger partial charge in [-0.05, 0) is 69.4 Å². The summed E-state index contributed by atoms with van der Waals surface area (Å²) >= 11 is 0. The lowest BCUT2D eigenvalue weighted by molar-refractivity contribution is -0.138. The summed E-state index contributed by atoms with van der Waals surface area (Å²) in [5.74, 6) is -0.671. The zero-order valence-electron chi connectivity index (χ0n) is 24.4. The lowest BCUT2D eigenvalue weighted by atomic mass is 9.99. The summed E-state index contributed by atoms with van der Waals surface area (Å²) in [6, 6.07) is 12.4. The highest BCUT2D eigenvalue weighted by molar-refractivity contribution is 5.99. The number of carbonyl (C=O) groups excluding carboxylic acids is 3. The first kappa shape index (κ1) is 31.6. The van der Waals surface area contributed by atoms with E-state index in [-0.39, 0.29) is 18.4 Å². The van der Waals surface area contributed by atoms with Crippen molar-refractivity contribution in [2.75, 3.05) is 18.4 Å². The molecule has 39 heavy (non-hydrogen) atoms. The molecule has 0 saturated heterocycles. The molecule has 0 saturated carbocycles. The Bertz CT molecular complexity index is 1120. The van der Waals surface area contributed by atoms with Crippen molar-refractivity contribution in [3.63, 3.8) is 0 Å². The summed E-state index contributed by atoms with van der Waals surface area (Å²) in [5.41, 5.74) is 3.44. The summed E-state index contributed by atoms with van der Waals surface area (Å²) in [5, 5.41) is 5.65. The number of hydrogen-bond donors (Lipinski definition) is 2. The first-order valence-electron chi connectivity index (χ1n) is 13.8. The molecule has 0 aromatic heterocycles. The van der Waals surface area contributed by atoms with Crippen molar-refractivity contribution in [1.82, 2.24) is 10.2 Å². The molecule has 7 nitrogen and oxygen atoms in total. The van der Waals surface area contributed by atoms with Crippen molar-refractivity contribution in [2.24, 2.45) is 0 Å². The fourth-order valence-electron chi connectivity index (χ4n) is 4.38. The van der Waals surface area contributed by atoms with Crippen LogP contribution >= 0.6 is 0 Å². The van der Waals surface area contributed by atoms with Crippen LogP contribution in [0.5, 0.6) is 0 Å². The van der Waals surface area contributed by atoms with Crippen molar-refractivity contribution in [3.8, 4) is 0 Å². The van der Waals surface area contributed by atoms with Crippen LogP contribution in [0.15, 0.2) is 49.0 Å². The summed E-state index contributed by atoms with van der Waals surface area (Å²) in [6.45, 7) is 15.3. The number of amides is 3. The van der Waals surface area contributed by atoms with Crippen LogP contribution in [0.25, 0.3) is 6.08 Å². The Hall–Kier alpha value is -3.61. The van der Waals surface area contributed by atoms with Gasteiger partial charge in [0.05, 0.1) is 0 Å². The predicted octanol–water partition coefficient (Wildman–Crippen LogP) is 6.95. The Labute approximate surface area is 234 Å². The molecule has 2 aromatic carbocycles. The molecular weight excluding hydrogens is 490 g/mol. The van der Waals surface area contributed by atoms with Crippen LogP contribution < -0.4 is 10.6 Å². The molecule has 0 heterocycles. The van der Waals surface area contributed by atoms with Gasteiger partial charge in [-0.15, -0.1) is 0 Å². The molecule has 3 amide bonds. The van der Waals surface area contributed by atoms with E-state index in [2.05, 4.69) is 24.1 Å². The second-order valence-corrected chi connectivity index (χ2v) is 10.9. The third-order valence-corrected chi connectivity index (χ3v) is 6.36. The van der Waals surface area contributed by atoms with Crippen LogP contribution in [0, 0.1) is 13.8 Å². The second kappa shape index (κ2) is 15.1. The highest BCUT2D eigenvalue weighted by atomic mass is 16.6. The molecule has 0 spiro atoms. The maximum atomic E-state index is 14.0. The Balaban J connectivity index is 2.43. The van der Waals surface area contributed by atoms with Gasteiger partial charge in [0.15, 0.2) is 0 Å². The van der Waals surface area contributed by atoms with E-state index in [1.54, 1.807) is 31.7 Å². The number of unbranched alkanes of at least 4 members (excludes halogenated alkanes) is 4. The third-order valence-electron chi connectivity index (χ3n) is 6.36. The van der Waals surface area contributed by atoms with Crippen LogP contribution in [0.1, 0.15) is 88.1 Å². The standard InChI is InChI=1S/C32H45N3O4/c1-8-10-11-12-13-20-35(27(36)22-33-31(38)39-32(5,6)7)29(26-19-15-18-25(9-2)21-26)30(37)34-28-23(3)16-14-17-24(28)4/h9,14-19,21,29H,2,8,10-13,20,22H2,1,3-7H3,(H,33,38)(H,34,37). The first-order chi connectivity index (χ1) is 18.5. The Kier molecular flexibility index (Phi) is 12.2. The molecule has 2 aromatic rings. The summed E-state index contributed by atoms with van der Waals surface area (Å²) in [4.78, 5) is 41.5. The average Bonchev–Trinajstić information content (AvgIpc) is 2.87. The molecule has 0 bridgehead atoms. The molecule has 0 aliphatic heterocycles. The van der Waals surface area contributed by atoms with Gasteiger partial charge in [0, 0.05) is 12.2 Å². The van der Waals surface area contributed by atoms with Gasteiger partial charge >= 0.3 is 6.09 Å². The molecule has 0 aliphatic carbocycles. The van der Waals surface area contributed by atoms with Crippen molar-refractivity contribution in [2.45, 2.75) is 85.3 Å². The summed E-state index contributed by atoms with van der Waals surface area (Å²) < 4.78 is 5.31. The number of benzene rings is 2. The minimum Gasteiger partial charge on any atom is -0.444 e.